The number of hydrogen-bond donors (Lipinski definition) is 2. The van der Waals surface area contributed by atoms with Crippen LogP contribution in [0, 0.1) is 0 Å². The molecule has 2 nitrogen and oxygen atoms in total. The molecule has 1 fully saturated rings. The van der Waals surface area contributed by atoms with Crippen LogP contribution >= 0.6 is 12.4 Å². The molecule has 1 aliphatic heterocycles. The third kappa shape index (κ3) is 3.70. The molecule has 1 heterocycles. The van der Waals surface area contributed by atoms with E-state index in [0.717, 1.165) is 18.7 Å². The molecule has 0 atom stereocenters. The number of piperidine rings is 1. The zero-order chi connectivity index (χ0) is 11.6. The quantitative estimate of drug-likeness (QED) is 0.852. The van der Waals surface area contributed by atoms with Crippen LogP contribution in [0.3, 0.4) is 0 Å². The topological polar surface area (TPSA) is 32.3 Å². The van der Waals surface area contributed by atoms with Crippen LogP contribution in [0.15, 0.2) is 24.3 Å². The summed E-state index contributed by atoms with van der Waals surface area (Å²) >= 11 is 0. The van der Waals surface area contributed by atoms with Gasteiger partial charge in [0.1, 0.15) is 0 Å². The monoisotopic (exact) mass is 255 g/mol. The van der Waals surface area contributed by atoms with Gasteiger partial charge in [-0.05, 0) is 56.8 Å². The van der Waals surface area contributed by atoms with Crippen LogP contribution in [0.1, 0.15) is 43.7 Å². The molecule has 2 N–H and O–H groups in total. The number of rotatable bonds is 2. The van der Waals surface area contributed by atoms with E-state index >= 15 is 0 Å². The lowest BCUT2D eigenvalue weighted by atomic mass is 9.87. The average molecular weight is 256 g/mol. The van der Waals surface area contributed by atoms with E-state index in [1.54, 1.807) is 0 Å². The summed E-state index contributed by atoms with van der Waals surface area (Å²) in [5, 5.41) is 13.4. The van der Waals surface area contributed by atoms with Crippen LogP contribution < -0.4 is 5.32 Å². The standard InChI is InChI=1S/C14H21NO.ClH/c1-14(2,16)13-5-3-4-12(10-13)11-6-8-15-9-7-11;/h3-5,10-11,15-16H,6-9H2,1-2H3;1H. The van der Waals surface area contributed by atoms with Gasteiger partial charge >= 0.3 is 0 Å². The second-order valence-electron chi connectivity index (χ2n) is 5.21. The van der Waals surface area contributed by atoms with Gasteiger partial charge in [-0.3, -0.25) is 0 Å². The van der Waals surface area contributed by atoms with Crippen LogP contribution in [0.4, 0.5) is 0 Å². The van der Waals surface area contributed by atoms with E-state index in [2.05, 4.69) is 23.5 Å². The Hall–Kier alpha value is -0.570. The Morgan fingerprint density at radius 3 is 2.47 bits per heavy atom. The molecule has 0 aromatic heterocycles. The Bertz CT molecular complexity index is 353. The molecule has 0 amide bonds. The zero-order valence-corrected chi connectivity index (χ0v) is 11.4. The van der Waals surface area contributed by atoms with Crippen molar-refractivity contribution in [3.63, 3.8) is 0 Å². The Morgan fingerprint density at radius 2 is 1.88 bits per heavy atom. The Balaban J connectivity index is 0.00000144. The Kier molecular flexibility index (Phi) is 4.99. The highest BCUT2D eigenvalue weighted by Crippen LogP contribution is 2.28. The lowest BCUT2D eigenvalue weighted by molar-refractivity contribution is 0.0785. The fraction of sp³-hybridized carbons (Fsp3) is 0.571. The second-order valence-corrected chi connectivity index (χ2v) is 5.21. The summed E-state index contributed by atoms with van der Waals surface area (Å²) in [7, 11) is 0. The third-order valence-electron chi connectivity index (χ3n) is 3.40. The largest absolute Gasteiger partial charge is 0.386 e. The molecule has 0 saturated carbocycles. The van der Waals surface area contributed by atoms with Crippen molar-refractivity contribution in [3.8, 4) is 0 Å². The Morgan fingerprint density at radius 1 is 1.24 bits per heavy atom. The number of nitrogens with one attached hydrogen (secondary N) is 1. The molecule has 0 spiro atoms. The molecular formula is C14H22ClNO. The van der Waals surface area contributed by atoms with Crippen LogP contribution in [0.5, 0.6) is 0 Å². The molecule has 1 aliphatic rings. The molecule has 1 saturated heterocycles. The van der Waals surface area contributed by atoms with Gasteiger partial charge in [-0.15, -0.1) is 12.4 Å². The molecule has 0 aliphatic carbocycles. The fourth-order valence-electron chi connectivity index (χ4n) is 2.33. The second kappa shape index (κ2) is 5.85. The van der Waals surface area contributed by atoms with Gasteiger partial charge < -0.3 is 10.4 Å². The van der Waals surface area contributed by atoms with Crippen molar-refractivity contribution in [2.24, 2.45) is 0 Å². The molecule has 96 valence electrons. The maximum absolute atomic E-state index is 10.00. The number of benzene rings is 1. The van der Waals surface area contributed by atoms with Crippen molar-refractivity contribution in [2.45, 2.75) is 38.2 Å². The van der Waals surface area contributed by atoms with Crippen molar-refractivity contribution < 1.29 is 5.11 Å². The van der Waals surface area contributed by atoms with Crippen LogP contribution in [-0.2, 0) is 5.60 Å². The minimum atomic E-state index is -0.733. The van der Waals surface area contributed by atoms with E-state index in [0.29, 0.717) is 5.92 Å². The first-order valence-corrected chi connectivity index (χ1v) is 6.11. The lowest BCUT2D eigenvalue weighted by Gasteiger charge is -2.25. The Labute approximate surface area is 110 Å². The van der Waals surface area contributed by atoms with Gasteiger partial charge in [-0.2, -0.15) is 0 Å². The van der Waals surface area contributed by atoms with Crippen molar-refractivity contribution >= 4 is 12.4 Å². The highest BCUT2D eigenvalue weighted by molar-refractivity contribution is 5.85. The normalized spacial score (nSPS) is 17.6. The highest BCUT2D eigenvalue weighted by atomic mass is 35.5. The maximum Gasteiger partial charge on any atom is 0.0840 e. The molecule has 17 heavy (non-hydrogen) atoms. The fourth-order valence-corrected chi connectivity index (χ4v) is 2.33. The predicted molar refractivity (Wildman–Crippen MR) is 73.8 cm³/mol. The van der Waals surface area contributed by atoms with Gasteiger partial charge in [0.2, 0.25) is 0 Å². The molecule has 1 aromatic rings. The van der Waals surface area contributed by atoms with Crippen molar-refractivity contribution in [1.82, 2.24) is 5.32 Å². The average Bonchev–Trinajstić information content (AvgIpc) is 2.29. The minimum Gasteiger partial charge on any atom is -0.386 e. The van der Waals surface area contributed by atoms with Crippen LogP contribution in [0.2, 0.25) is 0 Å². The van der Waals surface area contributed by atoms with Gasteiger partial charge in [0.15, 0.2) is 0 Å². The molecule has 0 bridgehead atoms. The molecule has 3 heteroatoms. The molecule has 1 aromatic carbocycles. The summed E-state index contributed by atoms with van der Waals surface area (Å²) in [4.78, 5) is 0. The van der Waals surface area contributed by atoms with Gasteiger partial charge in [0.25, 0.3) is 0 Å². The molecular weight excluding hydrogens is 234 g/mol. The molecule has 0 radical (unpaired) electrons. The van der Waals surface area contributed by atoms with Gasteiger partial charge in [0.05, 0.1) is 5.60 Å². The summed E-state index contributed by atoms with van der Waals surface area (Å²) in [5.74, 6) is 0.656. The zero-order valence-electron chi connectivity index (χ0n) is 10.6. The first kappa shape index (κ1) is 14.5. The summed E-state index contributed by atoms with van der Waals surface area (Å²) in [5.41, 5.74) is 1.66. The van der Waals surface area contributed by atoms with Gasteiger partial charge in [-0.1, -0.05) is 24.3 Å². The molecule has 2 rings (SSSR count). The summed E-state index contributed by atoms with van der Waals surface area (Å²) in [6.45, 7) is 5.90. The van der Waals surface area contributed by atoms with Crippen LogP contribution in [0.25, 0.3) is 0 Å². The van der Waals surface area contributed by atoms with Crippen LogP contribution in [-0.4, -0.2) is 18.2 Å². The van der Waals surface area contributed by atoms with Gasteiger partial charge in [0, 0.05) is 0 Å². The maximum atomic E-state index is 10.00. The van der Waals surface area contributed by atoms with Crippen molar-refractivity contribution in [1.29, 1.82) is 0 Å². The van der Waals surface area contributed by atoms with E-state index in [1.807, 2.05) is 19.9 Å². The highest BCUT2D eigenvalue weighted by Gasteiger charge is 2.19. The SMILES string of the molecule is CC(C)(O)c1cccc(C2CCNCC2)c1.Cl. The van der Waals surface area contributed by atoms with Crippen molar-refractivity contribution in [2.75, 3.05) is 13.1 Å². The minimum absolute atomic E-state index is 0. The number of hydrogen-bond acceptors (Lipinski definition) is 2. The van der Waals surface area contributed by atoms with E-state index in [9.17, 15) is 5.11 Å². The molecule has 0 unspecified atom stereocenters. The van der Waals surface area contributed by atoms with E-state index in [4.69, 9.17) is 0 Å². The third-order valence-corrected chi connectivity index (χ3v) is 3.40. The lowest BCUT2D eigenvalue weighted by Crippen LogP contribution is -2.26. The van der Waals surface area contributed by atoms with E-state index < -0.39 is 5.60 Å². The predicted octanol–water partition coefficient (Wildman–Crippen LogP) is 2.80. The van der Waals surface area contributed by atoms with Crippen molar-refractivity contribution in [3.05, 3.63) is 35.4 Å². The smallest absolute Gasteiger partial charge is 0.0840 e. The van der Waals surface area contributed by atoms with E-state index in [-0.39, 0.29) is 12.4 Å². The van der Waals surface area contributed by atoms with Gasteiger partial charge in [-0.25, -0.2) is 0 Å². The summed E-state index contributed by atoms with van der Waals surface area (Å²) < 4.78 is 0. The summed E-state index contributed by atoms with van der Waals surface area (Å²) in [6, 6.07) is 8.41. The first-order chi connectivity index (χ1) is 7.57. The number of halogens is 1. The first-order valence-electron chi connectivity index (χ1n) is 6.11. The summed E-state index contributed by atoms with van der Waals surface area (Å²) in [6.07, 6.45) is 2.41. The van der Waals surface area contributed by atoms with E-state index in [1.165, 1.54) is 18.4 Å². The number of aliphatic hydroxyl groups is 1.